The lowest BCUT2D eigenvalue weighted by atomic mass is 9.96. The summed E-state index contributed by atoms with van der Waals surface area (Å²) in [5.41, 5.74) is -0.0127. The topological polar surface area (TPSA) is 75.9 Å². The summed E-state index contributed by atoms with van der Waals surface area (Å²) < 4.78 is 1.56. The number of hydrogen-bond donors (Lipinski definition) is 1. The zero-order chi connectivity index (χ0) is 10.3. The van der Waals surface area contributed by atoms with Crippen molar-refractivity contribution in [1.29, 1.82) is 0 Å². The number of rotatable bonds is 0. The third kappa shape index (κ3) is 1.28. The standard InChI is InChI=1S/C8H11N5O/c1-8(2,3)6-11-10-5-4-9-7(14)12-13(5)6/h4H,1-3H3,(H,12,14). The molecule has 0 atom stereocenters. The Bertz CT molecular complexity index is 518. The predicted molar refractivity (Wildman–Crippen MR) is 50.1 cm³/mol. The van der Waals surface area contributed by atoms with Crippen molar-refractivity contribution in [2.24, 2.45) is 0 Å². The van der Waals surface area contributed by atoms with E-state index < -0.39 is 5.69 Å². The molecule has 0 spiro atoms. The number of aromatic nitrogens is 5. The third-order valence-corrected chi connectivity index (χ3v) is 1.86. The van der Waals surface area contributed by atoms with Crippen LogP contribution in [0.5, 0.6) is 0 Å². The van der Waals surface area contributed by atoms with E-state index in [9.17, 15) is 4.79 Å². The molecule has 6 heteroatoms. The van der Waals surface area contributed by atoms with Gasteiger partial charge in [0, 0.05) is 5.41 Å². The molecule has 0 fully saturated rings. The second kappa shape index (κ2) is 2.63. The largest absolute Gasteiger partial charge is 0.360 e. The zero-order valence-electron chi connectivity index (χ0n) is 8.27. The zero-order valence-corrected chi connectivity index (χ0v) is 8.27. The summed E-state index contributed by atoms with van der Waals surface area (Å²) in [6, 6.07) is 0. The fourth-order valence-electron chi connectivity index (χ4n) is 1.22. The molecule has 2 heterocycles. The predicted octanol–water partition coefficient (Wildman–Crippen LogP) is 0.110. The van der Waals surface area contributed by atoms with Gasteiger partial charge in [-0.25, -0.2) is 14.4 Å². The van der Waals surface area contributed by atoms with Crippen molar-refractivity contribution in [3.8, 4) is 0 Å². The molecule has 1 N–H and O–H groups in total. The molecule has 0 saturated carbocycles. The molecule has 2 aromatic rings. The lowest BCUT2D eigenvalue weighted by Gasteiger charge is -2.14. The quantitative estimate of drug-likeness (QED) is 0.644. The van der Waals surface area contributed by atoms with E-state index in [2.05, 4.69) is 20.3 Å². The van der Waals surface area contributed by atoms with Crippen LogP contribution in [0.2, 0.25) is 0 Å². The van der Waals surface area contributed by atoms with Crippen molar-refractivity contribution < 1.29 is 0 Å². The summed E-state index contributed by atoms with van der Waals surface area (Å²) in [5, 5.41) is 10.5. The van der Waals surface area contributed by atoms with E-state index in [4.69, 9.17) is 0 Å². The van der Waals surface area contributed by atoms with Gasteiger partial charge in [0.1, 0.15) is 0 Å². The molecule has 0 aliphatic carbocycles. The molecule has 2 aromatic heterocycles. The Kier molecular flexibility index (Phi) is 1.67. The minimum Gasteiger partial charge on any atom is -0.244 e. The summed E-state index contributed by atoms with van der Waals surface area (Å²) in [7, 11) is 0. The highest BCUT2D eigenvalue weighted by Gasteiger charge is 2.21. The van der Waals surface area contributed by atoms with E-state index in [-0.39, 0.29) is 5.41 Å². The maximum atomic E-state index is 11.0. The van der Waals surface area contributed by atoms with E-state index >= 15 is 0 Å². The first-order valence-corrected chi connectivity index (χ1v) is 4.29. The Hall–Kier alpha value is -1.72. The average molecular weight is 193 g/mol. The van der Waals surface area contributed by atoms with Crippen LogP contribution in [0.15, 0.2) is 11.0 Å². The van der Waals surface area contributed by atoms with Gasteiger partial charge in [-0.05, 0) is 0 Å². The molecular weight excluding hydrogens is 182 g/mol. The molecule has 0 amide bonds. The molecule has 0 aliphatic rings. The van der Waals surface area contributed by atoms with Crippen molar-refractivity contribution in [2.45, 2.75) is 26.2 Å². The third-order valence-electron chi connectivity index (χ3n) is 1.86. The van der Waals surface area contributed by atoms with Gasteiger partial charge in [0.25, 0.3) is 0 Å². The lowest BCUT2D eigenvalue weighted by Crippen LogP contribution is -2.21. The van der Waals surface area contributed by atoms with Gasteiger partial charge in [0.05, 0.1) is 6.20 Å². The van der Waals surface area contributed by atoms with Crippen LogP contribution in [0.3, 0.4) is 0 Å². The monoisotopic (exact) mass is 193 g/mol. The Morgan fingerprint density at radius 1 is 1.36 bits per heavy atom. The molecule has 0 aliphatic heterocycles. The summed E-state index contributed by atoms with van der Waals surface area (Å²) >= 11 is 0. The molecule has 0 radical (unpaired) electrons. The van der Waals surface area contributed by atoms with Crippen molar-refractivity contribution in [2.75, 3.05) is 0 Å². The van der Waals surface area contributed by atoms with Gasteiger partial charge in [-0.15, -0.1) is 10.2 Å². The van der Waals surface area contributed by atoms with E-state index in [1.807, 2.05) is 20.8 Å². The highest BCUT2D eigenvalue weighted by Crippen LogP contribution is 2.18. The minimum atomic E-state index is -0.400. The number of H-pyrrole nitrogens is 1. The fourth-order valence-corrected chi connectivity index (χ4v) is 1.22. The molecule has 0 unspecified atom stereocenters. The first-order chi connectivity index (χ1) is 6.48. The van der Waals surface area contributed by atoms with Gasteiger partial charge in [-0.1, -0.05) is 20.8 Å². The highest BCUT2D eigenvalue weighted by atomic mass is 16.1. The molecular formula is C8H11N5O. The van der Waals surface area contributed by atoms with Crippen LogP contribution in [-0.4, -0.2) is 24.8 Å². The molecule has 0 bridgehead atoms. The van der Waals surface area contributed by atoms with Crippen molar-refractivity contribution in [1.82, 2.24) is 24.8 Å². The number of hydrogen-bond acceptors (Lipinski definition) is 4. The van der Waals surface area contributed by atoms with Gasteiger partial charge in [-0.3, -0.25) is 0 Å². The van der Waals surface area contributed by atoms with E-state index in [1.54, 1.807) is 4.52 Å². The van der Waals surface area contributed by atoms with Crippen LogP contribution in [0.25, 0.3) is 5.65 Å². The normalized spacial score (nSPS) is 12.2. The molecule has 0 aromatic carbocycles. The van der Waals surface area contributed by atoms with Crippen LogP contribution in [-0.2, 0) is 5.41 Å². The van der Waals surface area contributed by atoms with Gasteiger partial charge in [0.2, 0.25) is 0 Å². The van der Waals surface area contributed by atoms with Gasteiger partial charge in [-0.2, -0.15) is 4.98 Å². The summed E-state index contributed by atoms with van der Waals surface area (Å²) in [4.78, 5) is 14.6. The van der Waals surface area contributed by atoms with Crippen molar-refractivity contribution >= 4 is 5.65 Å². The van der Waals surface area contributed by atoms with Crippen molar-refractivity contribution in [3.05, 3.63) is 22.5 Å². The smallest absolute Gasteiger partial charge is 0.244 e. The molecule has 6 nitrogen and oxygen atoms in total. The van der Waals surface area contributed by atoms with Crippen LogP contribution < -0.4 is 5.69 Å². The second-order valence-corrected chi connectivity index (χ2v) is 4.14. The Balaban J connectivity index is 2.80. The number of nitrogens with zero attached hydrogens (tertiary/aromatic N) is 4. The summed E-state index contributed by atoms with van der Waals surface area (Å²) in [6.07, 6.45) is 1.40. The Labute approximate surface area is 80.0 Å². The Morgan fingerprint density at radius 2 is 2.07 bits per heavy atom. The SMILES string of the molecule is CC(C)(C)c1nnc2cnc(=O)[nH]n12. The number of nitrogens with one attached hydrogen (secondary N) is 1. The van der Waals surface area contributed by atoms with E-state index in [0.717, 1.165) is 0 Å². The van der Waals surface area contributed by atoms with Gasteiger partial charge >= 0.3 is 5.69 Å². The number of aromatic amines is 1. The average Bonchev–Trinajstić information content (AvgIpc) is 2.45. The number of fused-ring (bicyclic) bond motifs is 1. The van der Waals surface area contributed by atoms with Gasteiger partial charge in [0.15, 0.2) is 11.5 Å². The maximum absolute atomic E-state index is 11.0. The molecule has 0 saturated heterocycles. The molecule has 14 heavy (non-hydrogen) atoms. The van der Waals surface area contributed by atoms with Crippen LogP contribution in [0, 0.1) is 0 Å². The van der Waals surface area contributed by atoms with Crippen LogP contribution in [0.1, 0.15) is 26.6 Å². The van der Waals surface area contributed by atoms with Gasteiger partial charge < -0.3 is 0 Å². The summed E-state index contributed by atoms with van der Waals surface area (Å²) in [6.45, 7) is 6.01. The molecule has 74 valence electrons. The first kappa shape index (κ1) is 8.86. The van der Waals surface area contributed by atoms with E-state index in [1.165, 1.54) is 6.20 Å². The second-order valence-electron chi connectivity index (χ2n) is 4.14. The van der Waals surface area contributed by atoms with Crippen LogP contribution >= 0.6 is 0 Å². The lowest BCUT2D eigenvalue weighted by molar-refractivity contribution is 0.524. The highest BCUT2D eigenvalue weighted by molar-refractivity contribution is 5.32. The first-order valence-electron chi connectivity index (χ1n) is 4.29. The minimum absolute atomic E-state index is 0.163. The van der Waals surface area contributed by atoms with Crippen LogP contribution in [0.4, 0.5) is 0 Å². The van der Waals surface area contributed by atoms with E-state index in [0.29, 0.717) is 11.5 Å². The summed E-state index contributed by atoms with van der Waals surface area (Å²) in [5.74, 6) is 0.715. The van der Waals surface area contributed by atoms with Crippen molar-refractivity contribution in [3.63, 3.8) is 0 Å². The Morgan fingerprint density at radius 3 is 2.71 bits per heavy atom. The fraction of sp³-hybridized carbons (Fsp3) is 0.500. The maximum Gasteiger partial charge on any atom is 0.360 e. The molecule has 2 rings (SSSR count).